The van der Waals surface area contributed by atoms with E-state index in [1.807, 2.05) is 31.2 Å². The summed E-state index contributed by atoms with van der Waals surface area (Å²) in [6.07, 6.45) is 0. The lowest BCUT2D eigenvalue weighted by Gasteiger charge is -2.17. The summed E-state index contributed by atoms with van der Waals surface area (Å²) in [7, 11) is 3.27. The molecule has 126 valence electrons. The van der Waals surface area contributed by atoms with E-state index in [2.05, 4.69) is 10.6 Å². The zero-order chi connectivity index (χ0) is 17.4. The maximum atomic E-state index is 11.8. The average Bonchev–Trinajstić information content (AvgIpc) is 2.48. The van der Waals surface area contributed by atoms with Crippen molar-refractivity contribution in [1.82, 2.24) is 10.2 Å². The van der Waals surface area contributed by atoms with Crippen LogP contribution in [0.25, 0.3) is 0 Å². The van der Waals surface area contributed by atoms with E-state index in [4.69, 9.17) is 0 Å². The van der Waals surface area contributed by atoms with Crippen LogP contribution in [0, 0.1) is 6.92 Å². The molecule has 6 nitrogen and oxygen atoms in total. The molecule has 0 fully saturated rings. The summed E-state index contributed by atoms with van der Waals surface area (Å²) in [6, 6.07) is 6.93. The van der Waals surface area contributed by atoms with Crippen LogP contribution in [-0.4, -0.2) is 54.3 Å². The number of aryl methyl sites for hydroxylation is 1. The Hall–Kier alpha value is -2.02. The summed E-state index contributed by atoms with van der Waals surface area (Å²) in [4.78, 5) is 36.5. The van der Waals surface area contributed by atoms with E-state index in [0.29, 0.717) is 0 Å². The second-order valence-electron chi connectivity index (χ2n) is 5.43. The van der Waals surface area contributed by atoms with E-state index in [9.17, 15) is 14.4 Å². The highest BCUT2D eigenvalue weighted by Crippen LogP contribution is 2.09. The topological polar surface area (TPSA) is 78.5 Å². The molecule has 0 aromatic heterocycles. The third kappa shape index (κ3) is 7.19. The van der Waals surface area contributed by atoms with Gasteiger partial charge in [-0.1, -0.05) is 17.7 Å². The number of benzene rings is 1. The van der Waals surface area contributed by atoms with Gasteiger partial charge in [0, 0.05) is 19.8 Å². The Morgan fingerprint density at radius 1 is 1.09 bits per heavy atom. The number of rotatable bonds is 7. The number of nitrogens with zero attached hydrogens (tertiary/aromatic N) is 1. The van der Waals surface area contributed by atoms with Crippen LogP contribution in [0.5, 0.6) is 0 Å². The minimum atomic E-state index is -0.570. The molecule has 0 saturated heterocycles. The Labute approximate surface area is 141 Å². The highest BCUT2D eigenvalue weighted by molar-refractivity contribution is 8.00. The van der Waals surface area contributed by atoms with Gasteiger partial charge >= 0.3 is 0 Å². The number of likely N-dealkylation sites (N-methyl/N-ethyl adjacent to an activating group) is 1. The second-order valence-corrected chi connectivity index (χ2v) is 6.41. The molecule has 1 rings (SSSR count). The van der Waals surface area contributed by atoms with Crippen LogP contribution in [0.1, 0.15) is 12.5 Å². The van der Waals surface area contributed by atoms with Crippen LogP contribution in [0.3, 0.4) is 0 Å². The highest BCUT2D eigenvalue weighted by atomic mass is 32.2. The average molecular weight is 337 g/mol. The minimum absolute atomic E-state index is 0.131. The molecule has 0 aliphatic heterocycles. The Balaban J connectivity index is 2.27. The van der Waals surface area contributed by atoms with Crippen molar-refractivity contribution in [3.63, 3.8) is 0 Å². The molecule has 1 unspecified atom stereocenters. The minimum Gasteiger partial charge on any atom is -0.347 e. The first-order chi connectivity index (χ1) is 10.8. The van der Waals surface area contributed by atoms with E-state index in [1.54, 1.807) is 21.0 Å². The first-order valence-electron chi connectivity index (χ1n) is 7.24. The standard InChI is InChI=1S/C16H23N3O3S/c1-11-5-7-13(8-6-11)18-15(21)10-23-9-14(20)17-12(2)16(22)19(3)4/h5-8,12H,9-10H2,1-4H3,(H,17,20)(H,18,21). The predicted octanol–water partition coefficient (Wildman–Crippen LogP) is 1.26. The fraction of sp³-hybridized carbons (Fsp3) is 0.438. The largest absolute Gasteiger partial charge is 0.347 e. The zero-order valence-electron chi connectivity index (χ0n) is 13.9. The number of carbonyl (C=O) groups excluding carboxylic acids is 3. The summed E-state index contributed by atoms with van der Waals surface area (Å²) in [6.45, 7) is 3.61. The Bertz CT molecular complexity index is 558. The number of amides is 3. The van der Waals surface area contributed by atoms with E-state index in [-0.39, 0.29) is 29.2 Å². The fourth-order valence-electron chi connectivity index (χ4n) is 1.80. The van der Waals surface area contributed by atoms with Crippen molar-refractivity contribution >= 4 is 35.2 Å². The fourth-order valence-corrected chi connectivity index (χ4v) is 2.43. The summed E-state index contributed by atoms with van der Waals surface area (Å²) in [5.74, 6) is -0.283. The molecule has 2 N–H and O–H groups in total. The van der Waals surface area contributed by atoms with Crippen LogP contribution in [0.4, 0.5) is 5.69 Å². The lowest BCUT2D eigenvalue weighted by atomic mass is 10.2. The highest BCUT2D eigenvalue weighted by Gasteiger charge is 2.17. The molecule has 7 heteroatoms. The molecule has 0 aliphatic rings. The van der Waals surface area contributed by atoms with Crippen molar-refractivity contribution in [1.29, 1.82) is 0 Å². The van der Waals surface area contributed by atoms with Crippen molar-refractivity contribution in [3.8, 4) is 0 Å². The molecule has 0 aliphatic carbocycles. The molecule has 0 bridgehead atoms. The van der Waals surface area contributed by atoms with E-state index >= 15 is 0 Å². The maximum absolute atomic E-state index is 11.8. The van der Waals surface area contributed by atoms with Crippen LogP contribution in [-0.2, 0) is 14.4 Å². The van der Waals surface area contributed by atoms with Crippen molar-refractivity contribution in [2.45, 2.75) is 19.9 Å². The van der Waals surface area contributed by atoms with Gasteiger partial charge in [0.05, 0.1) is 11.5 Å². The molecular formula is C16H23N3O3S. The number of carbonyl (C=O) groups is 3. The van der Waals surface area contributed by atoms with Gasteiger partial charge in [0.1, 0.15) is 6.04 Å². The summed E-state index contributed by atoms with van der Waals surface area (Å²) < 4.78 is 0. The van der Waals surface area contributed by atoms with Crippen molar-refractivity contribution < 1.29 is 14.4 Å². The normalized spacial score (nSPS) is 11.5. The Morgan fingerprint density at radius 3 is 2.22 bits per heavy atom. The van der Waals surface area contributed by atoms with E-state index < -0.39 is 6.04 Å². The van der Waals surface area contributed by atoms with Gasteiger partial charge < -0.3 is 15.5 Å². The van der Waals surface area contributed by atoms with Gasteiger partial charge in [-0.25, -0.2) is 0 Å². The number of anilines is 1. The third-order valence-corrected chi connectivity index (χ3v) is 3.92. The molecule has 1 atom stereocenters. The van der Waals surface area contributed by atoms with Gasteiger partial charge in [-0.2, -0.15) is 0 Å². The van der Waals surface area contributed by atoms with Gasteiger partial charge in [0.15, 0.2) is 0 Å². The van der Waals surface area contributed by atoms with Gasteiger partial charge in [-0.05, 0) is 26.0 Å². The van der Waals surface area contributed by atoms with Crippen molar-refractivity contribution in [2.75, 3.05) is 30.9 Å². The number of nitrogens with one attached hydrogen (secondary N) is 2. The van der Waals surface area contributed by atoms with Crippen LogP contribution in [0.2, 0.25) is 0 Å². The monoisotopic (exact) mass is 337 g/mol. The van der Waals surface area contributed by atoms with Gasteiger partial charge in [0.2, 0.25) is 17.7 Å². The summed E-state index contributed by atoms with van der Waals surface area (Å²) >= 11 is 1.20. The first-order valence-corrected chi connectivity index (χ1v) is 8.40. The number of thioether (sulfide) groups is 1. The Kier molecular flexibility index (Phi) is 7.61. The number of hydrogen-bond donors (Lipinski definition) is 2. The first kappa shape index (κ1) is 19.0. The van der Waals surface area contributed by atoms with Crippen LogP contribution in [0.15, 0.2) is 24.3 Å². The molecule has 3 amide bonds. The molecule has 0 heterocycles. The SMILES string of the molecule is Cc1ccc(NC(=O)CSCC(=O)NC(C)C(=O)N(C)C)cc1. The molecular weight excluding hydrogens is 314 g/mol. The van der Waals surface area contributed by atoms with Crippen LogP contribution >= 0.6 is 11.8 Å². The summed E-state index contributed by atoms with van der Waals surface area (Å²) in [5, 5.41) is 5.37. The molecule has 0 spiro atoms. The molecule has 23 heavy (non-hydrogen) atoms. The lowest BCUT2D eigenvalue weighted by Crippen LogP contribution is -2.44. The van der Waals surface area contributed by atoms with E-state index in [0.717, 1.165) is 11.3 Å². The molecule has 1 aromatic carbocycles. The third-order valence-electron chi connectivity index (χ3n) is 2.99. The zero-order valence-corrected chi connectivity index (χ0v) is 14.7. The van der Waals surface area contributed by atoms with Gasteiger partial charge in [-0.15, -0.1) is 11.8 Å². The maximum Gasteiger partial charge on any atom is 0.244 e. The van der Waals surface area contributed by atoms with Gasteiger partial charge in [-0.3, -0.25) is 14.4 Å². The predicted molar refractivity (Wildman–Crippen MR) is 93.4 cm³/mol. The summed E-state index contributed by atoms with van der Waals surface area (Å²) in [5.41, 5.74) is 1.85. The quantitative estimate of drug-likeness (QED) is 0.785. The van der Waals surface area contributed by atoms with Gasteiger partial charge in [0.25, 0.3) is 0 Å². The molecule has 0 radical (unpaired) electrons. The molecule has 1 aromatic rings. The number of hydrogen-bond acceptors (Lipinski definition) is 4. The second kappa shape index (κ2) is 9.19. The van der Waals surface area contributed by atoms with Crippen molar-refractivity contribution in [2.24, 2.45) is 0 Å². The smallest absolute Gasteiger partial charge is 0.244 e. The molecule has 0 saturated carbocycles. The Morgan fingerprint density at radius 2 is 1.65 bits per heavy atom. The van der Waals surface area contributed by atoms with Crippen molar-refractivity contribution in [3.05, 3.63) is 29.8 Å². The van der Waals surface area contributed by atoms with E-state index in [1.165, 1.54) is 16.7 Å². The van der Waals surface area contributed by atoms with Crippen LogP contribution < -0.4 is 10.6 Å². The lowest BCUT2D eigenvalue weighted by molar-refractivity contribution is -0.133.